The van der Waals surface area contributed by atoms with Crippen LogP contribution in [0.3, 0.4) is 0 Å². The van der Waals surface area contributed by atoms with Crippen molar-refractivity contribution in [3.63, 3.8) is 0 Å². The molecule has 2 aromatic carbocycles. The minimum atomic E-state index is -3.68. The fourth-order valence-electron chi connectivity index (χ4n) is 2.74. The summed E-state index contributed by atoms with van der Waals surface area (Å²) in [5.74, 6) is 0.795. The highest BCUT2D eigenvalue weighted by molar-refractivity contribution is 7.92. The van der Waals surface area contributed by atoms with Crippen LogP contribution >= 0.6 is 0 Å². The van der Waals surface area contributed by atoms with Crippen LogP contribution in [-0.2, 0) is 10.0 Å². The largest absolute Gasteiger partial charge is 0.444 e. The van der Waals surface area contributed by atoms with Gasteiger partial charge < -0.3 is 9.73 Å². The fraction of sp³-hybridized carbons (Fsp3) is 0.238. The highest BCUT2D eigenvalue weighted by atomic mass is 32.2. The van der Waals surface area contributed by atoms with Crippen LogP contribution in [0.1, 0.15) is 40.5 Å². The highest BCUT2D eigenvalue weighted by Crippen LogP contribution is 2.23. The molecule has 0 saturated carbocycles. The molecule has 1 unspecified atom stereocenters. The molecular weight excluding hydrogens is 390 g/mol. The van der Waals surface area contributed by atoms with Crippen LogP contribution in [0.2, 0.25) is 0 Å². The zero-order valence-corrected chi connectivity index (χ0v) is 17.5. The van der Waals surface area contributed by atoms with Crippen LogP contribution in [0.25, 0.3) is 0 Å². The molecule has 0 fully saturated rings. The first kappa shape index (κ1) is 20.6. The van der Waals surface area contributed by atoms with E-state index in [1.165, 1.54) is 11.4 Å². The van der Waals surface area contributed by atoms with Crippen molar-refractivity contribution in [3.8, 4) is 0 Å². The molecule has 3 aromatic rings. The number of nitrogens with one attached hydrogen (secondary N) is 1. The Balaban J connectivity index is 1.73. The van der Waals surface area contributed by atoms with E-state index < -0.39 is 10.0 Å². The van der Waals surface area contributed by atoms with Crippen LogP contribution in [-0.4, -0.2) is 26.4 Å². The number of sulfonamides is 1. The summed E-state index contributed by atoms with van der Waals surface area (Å²) in [4.78, 5) is 16.8. The van der Waals surface area contributed by atoms with Crippen molar-refractivity contribution < 1.29 is 17.6 Å². The summed E-state index contributed by atoms with van der Waals surface area (Å²) in [5.41, 5.74) is 1.85. The molecule has 8 heteroatoms. The average Bonchev–Trinajstić information content (AvgIpc) is 3.14. The normalized spacial score (nSPS) is 12.4. The van der Waals surface area contributed by atoms with Crippen LogP contribution < -0.4 is 9.62 Å². The third-order valence-corrected chi connectivity index (χ3v) is 6.33. The molecule has 0 radical (unpaired) electrons. The molecule has 7 nitrogen and oxygen atoms in total. The van der Waals surface area contributed by atoms with Crippen LogP contribution in [0.15, 0.2) is 64.0 Å². The summed E-state index contributed by atoms with van der Waals surface area (Å²) in [7, 11) is -2.20. The fourth-order valence-corrected chi connectivity index (χ4v) is 3.94. The van der Waals surface area contributed by atoms with Gasteiger partial charge in [-0.05, 0) is 57.2 Å². The van der Waals surface area contributed by atoms with Crippen molar-refractivity contribution in [2.75, 3.05) is 11.4 Å². The third-order valence-electron chi connectivity index (χ3n) is 4.53. The molecule has 1 N–H and O–H groups in total. The zero-order valence-electron chi connectivity index (χ0n) is 16.7. The number of carbonyl (C=O) groups excluding carboxylic acids is 1. The summed E-state index contributed by atoms with van der Waals surface area (Å²) in [6.45, 7) is 5.46. The molecule has 0 saturated heterocycles. The molecule has 0 aliphatic rings. The van der Waals surface area contributed by atoms with E-state index in [0.717, 1.165) is 5.56 Å². The lowest BCUT2D eigenvalue weighted by molar-refractivity contribution is 0.0934. The molecule has 3 rings (SSSR count). The van der Waals surface area contributed by atoms with Crippen molar-refractivity contribution in [2.24, 2.45) is 0 Å². The first-order valence-electron chi connectivity index (χ1n) is 9.07. The van der Waals surface area contributed by atoms with Crippen LogP contribution in [0.4, 0.5) is 5.69 Å². The molecule has 1 amide bonds. The number of rotatable bonds is 6. The Hall–Kier alpha value is -3.13. The standard InChI is InChI=1S/C21H23N3O4S/c1-14-5-11-19(12-6-14)29(26,27)24(4)18-9-7-17(8-10-18)20(25)23-16(3)21-22-13-15(2)28-21/h5-13,16H,1-4H3,(H,23,25). The first-order chi connectivity index (χ1) is 13.7. The van der Waals surface area contributed by atoms with Gasteiger partial charge in [0.1, 0.15) is 11.8 Å². The number of aromatic nitrogens is 1. The van der Waals surface area contributed by atoms with Gasteiger partial charge >= 0.3 is 0 Å². The van der Waals surface area contributed by atoms with Crippen LogP contribution in [0.5, 0.6) is 0 Å². The smallest absolute Gasteiger partial charge is 0.264 e. The van der Waals surface area contributed by atoms with Gasteiger partial charge in [-0.3, -0.25) is 9.10 Å². The minimum Gasteiger partial charge on any atom is -0.444 e. The number of carbonyl (C=O) groups is 1. The lowest BCUT2D eigenvalue weighted by atomic mass is 10.2. The van der Waals surface area contributed by atoms with Crippen molar-refractivity contribution in [1.82, 2.24) is 10.3 Å². The Morgan fingerprint density at radius 1 is 1.07 bits per heavy atom. The van der Waals surface area contributed by atoms with E-state index in [1.807, 2.05) is 6.92 Å². The summed E-state index contributed by atoms with van der Waals surface area (Å²) >= 11 is 0. The maximum Gasteiger partial charge on any atom is 0.264 e. The Labute approximate surface area is 170 Å². The predicted molar refractivity (Wildman–Crippen MR) is 110 cm³/mol. The number of hydrogen-bond donors (Lipinski definition) is 1. The van der Waals surface area contributed by atoms with E-state index in [1.54, 1.807) is 68.6 Å². The Bertz CT molecular complexity index is 1100. The van der Waals surface area contributed by atoms with Gasteiger partial charge in [0.2, 0.25) is 5.89 Å². The number of oxazole rings is 1. The van der Waals surface area contributed by atoms with Crippen molar-refractivity contribution >= 4 is 21.6 Å². The van der Waals surface area contributed by atoms with E-state index in [-0.39, 0.29) is 16.8 Å². The molecular formula is C21H23N3O4S. The molecule has 29 heavy (non-hydrogen) atoms. The Morgan fingerprint density at radius 3 is 2.24 bits per heavy atom. The maximum absolute atomic E-state index is 12.8. The highest BCUT2D eigenvalue weighted by Gasteiger charge is 2.22. The minimum absolute atomic E-state index is 0.211. The molecule has 1 atom stereocenters. The van der Waals surface area contributed by atoms with Gasteiger partial charge in [-0.1, -0.05) is 17.7 Å². The van der Waals surface area contributed by atoms with E-state index in [9.17, 15) is 13.2 Å². The topological polar surface area (TPSA) is 92.5 Å². The maximum atomic E-state index is 12.8. The van der Waals surface area contributed by atoms with Crippen molar-refractivity contribution in [2.45, 2.75) is 31.7 Å². The molecule has 152 valence electrons. The Kier molecular flexibility index (Phi) is 5.74. The summed E-state index contributed by atoms with van der Waals surface area (Å²) in [6, 6.07) is 12.6. The Morgan fingerprint density at radius 2 is 1.69 bits per heavy atom. The summed E-state index contributed by atoms with van der Waals surface area (Å²) in [6.07, 6.45) is 1.59. The van der Waals surface area contributed by atoms with E-state index >= 15 is 0 Å². The number of amides is 1. The third kappa shape index (κ3) is 4.48. The first-order valence-corrected chi connectivity index (χ1v) is 10.5. The lowest BCUT2D eigenvalue weighted by Crippen LogP contribution is -2.28. The van der Waals surface area contributed by atoms with Gasteiger partial charge in [-0.15, -0.1) is 0 Å². The number of benzene rings is 2. The van der Waals surface area contributed by atoms with Crippen molar-refractivity contribution in [3.05, 3.63) is 77.5 Å². The van der Waals surface area contributed by atoms with Crippen LogP contribution in [0, 0.1) is 13.8 Å². The van der Waals surface area contributed by atoms with Gasteiger partial charge in [0.25, 0.3) is 15.9 Å². The number of nitrogens with zero attached hydrogens (tertiary/aromatic N) is 2. The second-order valence-electron chi connectivity index (χ2n) is 6.84. The van der Waals surface area contributed by atoms with E-state index in [0.29, 0.717) is 22.9 Å². The van der Waals surface area contributed by atoms with E-state index in [4.69, 9.17) is 4.42 Å². The molecule has 0 aliphatic heterocycles. The number of anilines is 1. The monoisotopic (exact) mass is 413 g/mol. The average molecular weight is 413 g/mol. The van der Waals surface area contributed by atoms with Gasteiger partial charge in [0, 0.05) is 12.6 Å². The van der Waals surface area contributed by atoms with E-state index in [2.05, 4.69) is 10.3 Å². The molecule has 0 bridgehead atoms. The summed E-state index contributed by atoms with van der Waals surface area (Å²) in [5, 5.41) is 2.81. The second kappa shape index (κ2) is 8.08. The zero-order chi connectivity index (χ0) is 21.2. The number of aryl methyl sites for hydroxylation is 2. The van der Waals surface area contributed by atoms with Gasteiger partial charge in [-0.25, -0.2) is 13.4 Å². The predicted octanol–water partition coefficient (Wildman–Crippen LogP) is 3.61. The van der Waals surface area contributed by atoms with Gasteiger partial charge in [0.05, 0.1) is 16.8 Å². The molecule has 1 heterocycles. The molecule has 0 aliphatic carbocycles. The number of hydrogen-bond acceptors (Lipinski definition) is 5. The lowest BCUT2D eigenvalue weighted by Gasteiger charge is -2.20. The van der Waals surface area contributed by atoms with Crippen molar-refractivity contribution in [1.29, 1.82) is 0 Å². The summed E-state index contributed by atoms with van der Waals surface area (Å²) < 4.78 is 32.2. The quantitative estimate of drug-likeness (QED) is 0.666. The van der Waals surface area contributed by atoms with Gasteiger partial charge in [0.15, 0.2) is 0 Å². The molecule has 0 spiro atoms. The second-order valence-corrected chi connectivity index (χ2v) is 8.81. The molecule has 1 aromatic heterocycles. The van der Waals surface area contributed by atoms with Gasteiger partial charge in [-0.2, -0.15) is 0 Å². The SMILES string of the molecule is Cc1ccc(S(=O)(=O)N(C)c2ccc(C(=O)NC(C)c3ncc(C)o3)cc2)cc1.